The molecule has 2 N–H and O–H groups in total. The molecular formula is C19H19BFNO5. The molecule has 3 rings (SSSR count). The van der Waals surface area contributed by atoms with Gasteiger partial charge in [-0.15, -0.1) is 0 Å². The first kappa shape index (κ1) is 19.1. The van der Waals surface area contributed by atoms with Crippen LogP contribution in [0.1, 0.15) is 35.3 Å². The van der Waals surface area contributed by atoms with Gasteiger partial charge in [0.2, 0.25) is 0 Å². The Morgan fingerprint density at radius 1 is 1.22 bits per heavy atom. The fourth-order valence-corrected chi connectivity index (χ4v) is 2.91. The minimum Gasteiger partial charge on any atom is -0.460 e. The van der Waals surface area contributed by atoms with Crippen molar-refractivity contribution in [2.75, 3.05) is 6.54 Å². The minimum absolute atomic E-state index is 0.00750. The molecule has 0 aromatic heterocycles. The van der Waals surface area contributed by atoms with Crippen molar-refractivity contribution >= 4 is 24.5 Å². The van der Waals surface area contributed by atoms with Crippen molar-refractivity contribution in [3.63, 3.8) is 0 Å². The van der Waals surface area contributed by atoms with Crippen LogP contribution in [0.4, 0.5) is 4.39 Å². The number of benzene rings is 2. The lowest BCUT2D eigenvalue weighted by Gasteiger charge is -2.19. The third-order valence-electron chi connectivity index (χ3n) is 4.34. The zero-order chi connectivity index (χ0) is 19.6. The highest BCUT2D eigenvalue weighted by Crippen LogP contribution is 2.29. The van der Waals surface area contributed by atoms with Crippen molar-refractivity contribution < 1.29 is 28.4 Å². The fourth-order valence-electron chi connectivity index (χ4n) is 2.91. The molecular weight excluding hydrogens is 352 g/mol. The van der Waals surface area contributed by atoms with Gasteiger partial charge in [0.05, 0.1) is 5.60 Å². The van der Waals surface area contributed by atoms with Gasteiger partial charge >= 0.3 is 13.1 Å². The zero-order valence-corrected chi connectivity index (χ0v) is 15.0. The molecule has 140 valence electrons. The van der Waals surface area contributed by atoms with Gasteiger partial charge in [-0.1, -0.05) is 18.2 Å². The molecule has 0 radical (unpaired) electrons. The van der Waals surface area contributed by atoms with Gasteiger partial charge in [-0.3, -0.25) is 9.59 Å². The van der Waals surface area contributed by atoms with E-state index in [0.29, 0.717) is 16.6 Å². The lowest BCUT2D eigenvalue weighted by atomic mass is 9.77. The summed E-state index contributed by atoms with van der Waals surface area (Å²) in [4.78, 5) is 24.0. The largest absolute Gasteiger partial charge is 0.492 e. The number of nitrogens with one attached hydrogen (secondary N) is 1. The van der Waals surface area contributed by atoms with Crippen molar-refractivity contribution in [2.24, 2.45) is 0 Å². The van der Waals surface area contributed by atoms with E-state index in [1.54, 1.807) is 18.2 Å². The molecule has 1 heterocycles. The Morgan fingerprint density at radius 2 is 1.93 bits per heavy atom. The van der Waals surface area contributed by atoms with Crippen molar-refractivity contribution in [3.05, 3.63) is 65.0 Å². The van der Waals surface area contributed by atoms with Crippen molar-refractivity contribution in [3.8, 4) is 0 Å². The standard InChI is InChI=1S/C19H19BFNO5/c1-19(2)15-8-5-13(9-16(15)20(25)27-19)18(24)22-10-17(23)26-11-12-3-6-14(21)7-4-12/h3-9,25H,10-11H2,1-2H3,(H,22,24). The molecule has 6 nitrogen and oxygen atoms in total. The molecule has 0 fully saturated rings. The van der Waals surface area contributed by atoms with E-state index in [2.05, 4.69) is 5.32 Å². The molecule has 0 atom stereocenters. The number of hydrogen-bond acceptors (Lipinski definition) is 5. The van der Waals surface area contributed by atoms with Gasteiger partial charge in [0.1, 0.15) is 19.0 Å². The predicted molar refractivity (Wildman–Crippen MR) is 96.7 cm³/mol. The van der Waals surface area contributed by atoms with Crippen molar-refractivity contribution in [1.82, 2.24) is 5.32 Å². The fraction of sp³-hybridized carbons (Fsp3) is 0.263. The van der Waals surface area contributed by atoms with E-state index < -0.39 is 24.6 Å². The van der Waals surface area contributed by atoms with Gasteiger partial charge in [-0.05, 0) is 54.7 Å². The second-order valence-corrected chi connectivity index (χ2v) is 6.75. The summed E-state index contributed by atoms with van der Waals surface area (Å²) in [7, 11) is -1.09. The highest BCUT2D eigenvalue weighted by atomic mass is 19.1. The molecule has 0 unspecified atom stereocenters. The maximum absolute atomic E-state index is 12.8. The van der Waals surface area contributed by atoms with Gasteiger partial charge in [0.25, 0.3) is 5.91 Å². The Bertz CT molecular complexity index is 869. The van der Waals surface area contributed by atoms with Crippen molar-refractivity contribution in [2.45, 2.75) is 26.1 Å². The highest BCUT2D eigenvalue weighted by Gasteiger charge is 2.40. The molecule has 1 aliphatic rings. The van der Waals surface area contributed by atoms with Gasteiger partial charge in [0, 0.05) is 5.56 Å². The highest BCUT2D eigenvalue weighted by molar-refractivity contribution is 6.62. The van der Waals surface area contributed by atoms with E-state index in [9.17, 15) is 19.0 Å². The summed E-state index contributed by atoms with van der Waals surface area (Å²) in [6.07, 6.45) is 0. The lowest BCUT2D eigenvalue weighted by Crippen LogP contribution is -2.33. The summed E-state index contributed by atoms with van der Waals surface area (Å²) in [5.74, 6) is -1.45. The third-order valence-corrected chi connectivity index (χ3v) is 4.34. The van der Waals surface area contributed by atoms with Crippen LogP contribution in [0.3, 0.4) is 0 Å². The van der Waals surface area contributed by atoms with Gasteiger partial charge < -0.3 is 19.7 Å². The van der Waals surface area contributed by atoms with Gasteiger partial charge in [-0.2, -0.15) is 0 Å². The summed E-state index contributed by atoms with van der Waals surface area (Å²) < 4.78 is 23.3. The van der Waals surface area contributed by atoms with Gasteiger partial charge in [-0.25, -0.2) is 4.39 Å². The van der Waals surface area contributed by atoms with Crippen LogP contribution in [-0.2, 0) is 26.4 Å². The number of esters is 1. The normalized spacial score (nSPS) is 14.6. The van der Waals surface area contributed by atoms with Crippen LogP contribution in [-0.4, -0.2) is 30.6 Å². The number of fused-ring (bicyclic) bond motifs is 1. The van der Waals surface area contributed by atoms with E-state index in [1.165, 1.54) is 24.3 Å². The van der Waals surface area contributed by atoms with Crippen LogP contribution in [0.15, 0.2) is 42.5 Å². The molecule has 27 heavy (non-hydrogen) atoms. The molecule has 0 spiro atoms. The first-order chi connectivity index (χ1) is 12.8. The maximum atomic E-state index is 12.8. The number of ether oxygens (including phenoxy) is 1. The maximum Gasteiger partial charge on any atom is 0.492 e. The molecule has 0 saturated carbocycles. The number of amides is 1. The number of halogens is 1. The van der Waals surface area contributed by atoms with E-state index >= 15 is 0 Å². The first-order valence-electron chi connectivity index (χ1n) is 8.45. The topological polar surface area (TPSA) is 84.9 Å². The monoisotopic (exact) mass is 371 g/mol. The molecule has 0 bridgehead atoms. The molecule has 1 amide bonds. The van der Waals surface area contributed by atoms with Crippen LogP contribution >= 0.6 is 0 Å². The number of carbonyl (C=O) groups excluding carboxylic acids is 2. The number of carbonyl (C=O) groups is 2. The summed E-state index contributed by atoms with van der Waals surface area (Å²) in [5, 5.41) is 12.5. The van der Waals surface area contributed by atoms with Crippen LogP contribution in [0.25, 0.3) is 0 Å². The quantitative estimate of drug-likeness (QED) is 0.611. The zero-order valence-electron chi connectivity index (χ0n) is 15.0. The van der Waals surface area contributed by atoms with Crippen LogP contribution in [0.5, 0.6) is 0 Å². The van der Waals surface area contributed by atoms with E-state index in [1.807, 2.05) is 13.8 Å². The Balaban J connectivity index is 1.54. The van der Waals surface area contributed by atoms with Gasteiger partial charge in [0.15, 0.2) is 0 Å². The third kappa shape index (κ3) is 4.35. The summed E-state index contributed by atoms with van der Waals surface area (Å²) in [5.41, 5.74) is 1.66. The Labute approximate surface area is 156 Å². The second-order valence-electron chi connectivity index (χ2n) is 6.75. The predicted octanol–water partition coefficient (Wildman–Crippen LogP) is 1.25. The summed E-state index contributed by atoms with van der Waals surface area (Å²) in [6.45, 7) is 3.35. The SMILES string of the molecule is CC1(C)OB(O)c2cc(C(=O)NCC(=O)OCc3ccc(F)cc3)ccc21. The second kappa shape index (κ2) is 7.50. The number of rotatable bonds is 5. The molecule has 0 saturated heterocycles. The Hall–Kier alpha value is -2.71. The molecule has 2 aromatic carbocycles. The molecule has 2 aromatic rings. The first-order valence-corrected chi connectivity index (χ1v) is 8.45. The average Bonchev–Trinajstić information content (AvgIpc) is 2.87. The van der Waals surface area contributed by atoms with Crippen molar-refractivity contribution in [1.29, 1.82) is 0 Å². The molecule has 1 aliphatic heterocycles. The van der Waals surface area contributed by atoms with Crippen LogP contribution in [0, 0.1) is 5.82 Å². The average molecular weight is 371 g/mol. The van der Waals surface area contributed by atoms with E-state index in [-0.39, 0.29) is 19.0 Å². The Kier molecular flexibility index (Phi) is 5.30. The van der Waals surface area contributed by atoms with Crippen LogP contribution in [0.2, 0.25) is 0 Å². The Morgan fingerprint density at radius 3 is 2.63 bits per heavy atom. The van der Waals surface area contributed by atoms with Crippen LogP contribution < -0.4 is 10.8 Å². The number of hydrogen-bond donors (Lipinski definition) is 2. The van der Waals surface area contributed by atoms with E-state index in [4.69, 9.17) is 9.39 Å². The molecule has 0 aliphatic carbocycles. The lowest BCUT2D eigenvalue weighted by molar-refractivity contribution is -0.143. The summed E-state index contributed by atoms with van der Waals surface area (Å²) >= 11 is 0. The van der Waals surface area contributed by atoms with E-state index in [0.717, 1.165) is 5.56 Å². The smallest absolute Gasteiger partial charge is 0.460 e. The minimum atomic E-state index is -1.09. The summed E-state index contributed by atoms with van der Waals surface area (Å²) in [6, 6.07) is 10.5. The molecule has 8 heteroatoms.